The van der Waals surface area contributed by atoms with Crippen LogP contribution in [0.4, 0.5) is 0 Å². The molecule has 2 rings (SSSR count). The van der Waals surface area contributed by atoms with Gasteiger partial charge in [-0.3, -0.25) is 0 Å². The highest BCUT2D eigenvalue weighted by molar-refractivity contribution is 5.92. The van der Waals surface area contributed by atoms with Crippen LogP contribution in [0.25, 0.3) is 0 Å². The number of ether oxygens (including phenoxy) is 4. The minimum atomic E-state index is -0.603. The number of hydrogen-bond donors (Lipinski definition) is 0. The summed E-state index contributed by atoms with van der Waals surface area (Å²) in [7, 11) is 2.91. The average molecular weight is 314 g/mol. The van der Waals surface area contributed by atoms with Crippen LogP contribution < -0.4 is 14.2 Å². The second-order valence-corrected chi connectivity index (χ2v) is 4.11. The van der Waals surface area contributed by atoms with Crippen molar-refractivity contribution in [1.29, 1.82) is 0 Å². The van der Waals surface area contributed by atoms with Gasteiger partial charge in [0.2, 0.25) is 11.8 Å². The Bertz CT molecular complexity index is 717. The largest absolute Gasteiger partial charge is 0.481 e. The molecule has 0 aliphatic rings. The fourth-order valence-corrected chi connectivity index (χ4v) is 1.65. The first-order chi connectivity index (χ1) is 11.2. The van der Waals surface area contributed by atoms with Crippen LogP contribution in [0.1, 0.15) is 10.4 Å². The van der Waals surface area contributed by atoms with Gasteiger partial charge < -0.3 is 18.9 Å². The van der Waals surface area contributed by atoms with Crippen molar-refractivity contribution < 1.29 is 23.7 Å². The third-order valence-electron chi connectivity index (χ3n) is 2.67. The van der Waals surface area contributed by atoms with Crippen molar-refractivity contribution in [3.8, 4) is 35.9 Å². The Balaban J connectivity index is 2.30. The number of esters is 1. The van der Waals surface area contributed by atoms with Crippen LogP contribution in [-0.4, -0.2) is 36.8 Å². The second kappa shape index (κ2) is 7.66. The van der Waals surface area contributed by atoms with E-state index in [9.17, 15) is 4.79 Å². The van der Waals surface area contributed by atoms with Gasteiger partial charge in [-0.2, -0.15) is 9.97 Å². The Morgan fingerprint density at radius 2 is 1.83 bits per heavy atom. The van der Waals surface area contributed by atoms with Crippen LogP contribution in [0, 0.1) is 12.3 Å². The van der Waals surface area contributed by atoms with Gasteiger partial charge in [-0.1, -0.05) is 18.1 Å². The van der Waals surface area contributed by atoms with Gasteiger partial charge in [0.25, 0.3) is 0 Å². The summed E-state index contributed by atoms with van der Waals surface area (Å²) in [6, 6.07) is 7.98. The van der Waals surface area contributed by atoms with Gasteiger partial charge in [0.05, 0.1) is 20.3 Å². The molecule has 0 bridgehead atoms. The van der Waals surface area contributed by atoms with Gasteiger partial charge in [0.15, 0.2) is 6.61 Å². The molecule has 0 saturated heterocycles. The lowest BCUT2D eigenvalue weighted by Crippen LogP contribution is -2.07. The van der Waals surface area contributed by atoms with E-state index in [-0.39, 0.29) is 35.7 Å². The molecule has 0 aliphatic carbocycles. The zero-order valence-corrected chi connectivity index (χ0v) is 12.6. The minimum absolute atomic E-state index is 0.0293. The van der Waals surface area contributed by atoms with Crippen LogP contribution in [0.15, 0.2) is 30.3 Å². The Kier molecular flexibility index (Phi) is 5.36. The van der Waals surface area contributed by atoms with E-state index >= 15 is 0 Å². The third-order valence-corrected chi connectivity index (χ3v) is 2.67. The van der Waals surface area contributed by atoms with E-state index in [2.05, 4.69) is 15.9 Å². The van der Waals surface area contributed by atoms with Crippen molar-refractivity contribution in [2.45, 2.75) is 0 Å². The highest BCUT2D eigenvalue weighted by Gasteiger charge is 2.16. The van der Waals surface area contributed by atoms with Gasteiger partial charge in [-0.05, 0) is 12.1 Å². The van der Waals surface area contributed by atoms with E-state index in [1.165, 1.54) is 20.3 Å². The Labute approximate surface area is 133 Å². The lowest BCUT2D eigenvalue weighted by molar-refractivity contribution is 0.0554. The molecule has 23 heavy (non-hydrogen) atoms. The van der Waals surface area contributed by atoms with Crippen LogP contribution in [0.3, 0.4) is 0 Å². The van der Waals surface area contributed by atoms with Gasteiger partial charge in [0.1, 0.15) is 11.3 Å². The number of nitrogens with zero attached hydrogens (tertiary/aromatic N) is 2. The van der Waals surface area contributed by atoms with Crippen molar-refractivity contribution in [2.24, 2.45) is 0 Å². The number of carbonyl (C=O) groups excluding carboxylic acids is 1. The molecule has 7 heteroatoms. The molecule has 0 aliphatic heterocycles. The van der Waals surface area contributed by atoms with Crippen molar-refractivity contribution in [2.75, 3.05) is 20.8 Å². The highest BCUT2D eigenvalue weighted by atomic mass is 16.5. The molecule has 0 atom stereocenters. The summed E-state index contributed by atoms with van der Waals surface area (Å²) in [6.45, 7) is -0.128. The first kappa shape index (κ1) is 16.1. The van der Waals surface area contributed by atoms with Crippen LogP contribution in [0.2, 0.25) is 0 Å². The zero-order valence-electron chi connectivity index (χ0n) is 12.6. The molecule has 0 radical (unpaired) electrons. The summed E-state index contributed by atoms with van der Waals surface area (Å²) in [5.74, 6) is 2.38. The predicted molar refractivity (Wildman–Crippen MR) is 80.8 cm³/mol. The van der Waals surface area contributed by atoms with E-state index in [1.807, 2.05) is 0 Å². The molecule has 0 fully saturated rings. The number of rotatable bonds is 6. The number of benzene rings is 1. The summed E-state index contributed by atoms with van der Waals surface area (Å²) in [6.07, 6.45) is 5.07. The van der Waals surface area contributed by atoms with Crippen LogP contribution in [0.5, 0.6) is 23.5 Å². The molecule has 0 unspecified atom stereocenters. The van der Waals surface area contributed by atoms with Gasteiger partial charge >= 0.3 is 12.0 Å². The lowest BCUT2D eigenvalue weighted by atomic mass is 10.2. The third kappa shape index (κ3) is 4.11. The minimum Gasteiger partial charge on any atom is -0.481 e. The summed E-state index contributed by atoms with van der Waals surface area (Å²) in [5.41, 5.74) is 0.202. The number of hydrogen-bond acceptors (Lipinski definition) is 7. The molecular weight excluding hydrogens is 300 g/mol. The SMILES string of the molecule is C#CCOC(=O)c1ccccc1Oc1nc(OC)cc(OC)n1. The van der Waals surface area contributed by atoms with E-state index in [0.717, 1.165) is 0 Å². The number of aromatic nitrogens is 2. The molecule has 0 saturated carbocycles. The molecule has 0 spiro atoms. The van der Waals surface area contributed by atoms with E-state index < -0.39 is 5.97 Å². The monoisotopic (exact) mass is 314 g/mol. The molecule has 2 aromatic rings. The number of methoxy groups -OCH3 is 2. The standard InChI is InChI=1S/C16H14N2O5/c1-4-9-22-15(19)11-7-5-6-8-12(11)23-16-17-13(20-2)10-14(18-16)21-3/h1,5-8,10H,9H2,2-3H3. The molecule has 0 amide bonds. The summed E-state index contributed by atoms with van der Waals surface area (Å²) in [4.78, 5) is 20.0. The molecule has 1 aromatic carbocycles. The maximum Gasteiger partial charge on any atom is 0.342 e. The maximum absolute atomic E-state index is 12.0. The van der Waals surface area contributed by atoms with E-state index in [0.29, 0.717) is 0 Å². The van der Waals surface area contributed by atoms with Gasteiger partial charge in [-0.25, -0.2) is 4.79 Å². The Morgan fingerprint density at radius 3 is 2.43 bits per heavy atom. The smallest absolute Gasteiger partial charge is 0.342 e. The summed E-state index contributed by atoms with van der Waals surface area (Å²) >= 11 is 0. The van der Waals surface area contributed by atoms with Crippen LogP contribution >= 0.6 is 0 Å². The van der Waals surface area contributed by atoms with Crippen molar-refractivity contribution in [3.63, 3.8) is 0 Å². The Hall–Kier alpha value is -3.27. The van der Waals surface area contributed by atoms with E-state index in [4.69, 9.17) is 25.4 Å². The Morgan fingerprint density at radius 1 is 1.17 bits per heavy atom. The summed E-state index contributed by atoms with van der Waals surface area (Å²) < 4.78 is 20.5. The maximum atomic E-state index is 12.0. The number of terminal acetylenes is 1. The quantitative estimate of drug-likeness (QED) is 0.596. The van der Waals surface area contributed by atoms with Gasteiger partial charge in [-0.15, -0.1) is 6.42 Å². The fourth-order valence-electron chi connectivity index (χ4n) is 1.65. The summed E-state index contributed by atoms with van der Waals surface area (Å²) in [5, 5.41) is 0. The lowest BCUT2D eigenvalue weighted by Gasteiger charge is -2.10. The number of para-hydroxylation sites is 1. The predicted octanol–water partition coefficient (Wildman–Crippen LogP) is 2.08. The zero-order chi connectivity index (χ0) is 16.7. The molecule has 0 N–H and O–H groups in total. The molecule has 118 valence electrons. The van der Waals surface area contributed by atoms with E-state index in [1.54, 1.807) is 24.3 Å². The molecule has 1 aromatic heterocycles. The highest BCUT2D eigenvalue weighted by Crippen LogP contribution is 2.26. The normalized spacial score (nSPS) is 9.61. The number of carbonyl (C=O) groups is 1. The molecule has 1 heterocycles. The molecular formula is C16H14N2O5. The van der Waals surface area contributed by atoms with Gasteiger partial charge in [0, 0.05) is 0 Å². The first-order valence-corrected chi connectivity index (χ1v) is 6.52. The topological polar surface area (TPSA) is 79.8 Å². The average Bonchev–Trinajstić information content (AvgIpc) is 2.59. The fraction of sp³-hybridized carbons (Fsp3) is 0.188. The van der Waals surface area contributed by atoms with Crippen molar-refractivity contribution >= 4 is 5.97 Å². The van der Waals surface area contributed by atoms with Crippen molar-refractivity contribution in [3.05, 3.63) is 35.9 Å². The molecule has 7 nitrogen and oxygen atoms in total. The van der Waals surface area contributed by atoms with Crippen LogP contribution in [-0.2, 0) is 4.74 Å². The second-order valence-electron chi connectivity index (χ2n) is 4.11. The first-order valence-electron chi connectivity index (χ1n) is 6.52. The van der Waals surface area contributed by atoms with Crippen molar-refractivity contribution in [1.82, 2.24) is 9.97 Å².